The van der Waals surface area contributed by atoms with E-state index in [4.69, 9.17) is 4.74 Å². The maximum absolute atomic E-state index is 13.8. The monoisotopic (exact) mass is 293 g/mol. The summed E-state index contributed by atoms with van der Waals surface area (Å²) in [5, 5.41) is 10.6. The molecule has 7 heteroatoms. The highest BCUT2D eigenvalue weighted by atomic mass is 19.1. The molecule has 2 rings (SSSR count). The first-order chi connectivity index (χ1) is 10.0. The summed E-state index contributed by atoms with van der Waals surface area (Å²) in [5.41, 5.74) is -0.725. The van der Waals surface area contributed by atoms with E-state index < -0.39 is 22.2 Å². The molecule has 0 bridgehead atoms. The summed E-state index contributed by atoms with van der Waals surface area (Å²) in [6, 6.07) is 6.98. The average molecular weight is 293 g/mol. The van der Waals surface area contributed by atoms with E-state index >= 15 is 0 Å². The topological polar surface area (TPSA) is 69.4 Å². The Morgan fingerprint density at radius 1 is 1.24 bits per heavy atom. The second-order valence-electron chi connectivity index (χ2n) is 4.10. The van der Waals surface area contributed by atoms with E-state index in [-0.39, 0.29) is 23.5 Å². The molecule has 0 radical (unpaired) electrons. The van der Waals surface area contributed by atoms with E-state index in [0.29, 0.717) is 6.29 Å². The van der Waals surface area contributed by atoms with Crippen LogP contribution in [0.3, 0.4) is 0 Å². The fraction of sp³-hybridized carbons (Fsp3) is 0.0714. The first kappa shape index (κ1) is 14.6. The third-order valence-corrected chi connectivity index (χ3v) is 2.74. The number of hydrogen-bond donors (Lipinski definition) is 0. The number of halogens is 2. The van der Waals surface area contributed by atoms with E-state index in [0.717, 1.165) is 18.2 Å². The van der Waals surface area contributed by atoms with Gasteiger partial charge in [-0.15, -0.1) is 0 Å². The van der Waals surface area contributed by atoms with Crippen molar-refractivity contribution in [1.29, 1.82) is 0 Å². The van der Waals surface area contributed by atoms with Crippen molar-refractivity contribution in [1.82, 2.24) is 0 Å². The Kier molecular flexibility index (Phi) is 4.22. The predicted molar refractivity (Wildman–Crippen MR) is 69.2 cm³/mol. The minimum absolute atomic E-state index is 0.0270. The van der Waals surface area contributed by atoms with Crippen molar-refractivity contribution < 1.29 is 23.2 Å². The molecular formula is C14H9F2NO4. The predicted octanol–water partition coefficient (Wildman–Crippen LogP) is 3.26. The number of aldehydes is 1. The lowest BCUT2D eigenvalue weighted by molar-refractivity contribution is -0.387. The molecule has 108 valence electrons. The Balaban J connectivity index is 2.23. The van der Waals surface area contributed by atoms with Crippen molar-refractivity contribution in [3.05, 3.63) is 69.3 Å². The largest absolute Gasteiger partial charge is 0.488 e. The molecule has 0 aliphatic heterocycles. The van der Waals surface area contributed by atoms with Crippen LogP contribution >= 0.6 is 0 Å². The van der Waals surface area contributed by atoms with Crippen LogP contribution in [0.1, 0.15) is 15.9 Å². The summed E-state index contributed by atoms with van der Waals surface area (Å²) in [6.07, 6.45) is 0.405. The van der Waals surface area contributed by atoms with Crippen molar-refractivity contribution in [3.8, 4) is 5.75 Å². The van der Waals surface area contributed by atoms with Crippen LogP contribution in [0.15, 0.2) is 36.4 Å². The van der Waals surface area contributed by atoms with Crippen LogP contribution in [0.2, 0.25) is 0 Å². The van der Waals surface area contributed by atoms with Crippen molar-refractivity contribution in [2.75, 3.05) is 0 Å². The fourth-order valence-corrected chi connectivity index (χ4v) is 1.72. The SMILES string of the molecule is O=Cc1cc(F)ccc1OCc1cccc([N+](=O)[O-])c1F. The Hall–Kier alpha value is -2.83. The van der Waals surface area contributed by atoms with E-state index in [2.05, 4.69) is 0 Å². The van der Waals surface area contributed by atoms with Crippen LogP contribution < -0.4 is 4.74 Å². The maximum atomic E-state index is 13.8. The number of nitrogens with zero attached hydrogens (tertiary/aromatic N) is 1. The molecule has 0 aliphatic carbocycles. The molecule has 0 aromatic heterocycles. The zero-order chi connectivity index (χ0) is 15.4. The zero-order valence-corrected chi connectivity index (χ0v) is 10.6. The van der Waals surface area contributed by atoms with Gasteiger partial charge in [-0.2, -0.15) is 4.39 Å². The van der Waals surface area contributed by atoms with E-state index in [9.17, 15) is 23.7 Å². The standard InChI is InChI=1S/C14H9F2NO4/c15-11-4-5-13(10(6-11)7-18)21-8-9-2-1-3-12(14(9)16)17(19)20/h1-7H,8H2. The van der Waals surface area contributed by atoms with Crippen LogP contribution in [-0.4, -0.2) is 11.2 Å². The number of rotatable bonds is 5. The first-order valence-corrected chi connectivity index (χ1v) is 5.82. The first-order valence-electron chi connectivity index (χ1n) is 5.82. The number of carbonyl (C=O) groups excluding carboxylic acids is 1. The summed E-state index contributed by atoms with van der Waals surface area (Å²) < 4.78 is 32.0. The van der Waals surface area contributed by atoms with Crippen molar-refractivity contribution in [3.63, 3.8) is 0 Å². The van der Waals surface area contributed by atoms with Gasteiger partial charge in [-0.3, -0.25) is 14.9 Å². The quantitative estimate of drug-likeness (QED) is 0.482. The van der Waals surface area contributed by atoms with Gasteiger partial charge in [-0.05, 0) is 18.2 Å². The van der Waals surface area contributed by atoms with Gasteiger partial charge in [0.05, 0.1) is 10.5 Å². The lowest BCUT2D eigenvalue weighted by Crippen LogP contribution is -2.03. The minimum Gasteiger partial charge on any atom is -0.488 e. The summed E-state index contributed by atoms with van der Waals surface area (Å²) in [7, 11) is 0. The number of benzene rings is 2. The van der Waals surface area contributed by atoms with E-state index in [1.54, 1.807) is 0 Å². The number of carbonyl (C=O) groups is 1. The molecule has 0 unspecified atom stereocenters. The van der Waals surface area contributed by atoms with Gasteiger partial charge in [0.1, 0.15) is 18.2 Å². The second kappa shape index (κ2) is 6.08. The molecule has 5 nitrogen and oxygen atoms in total. The molecule has 0 fully saturated rings. The normalized spacial score (nSPS) is 10.2. The molecule has 0 amide bonds. The van der Waals surface area contributed by atoms with Crippen LogP contribution in [0.4, 0.5) is 14.5 Å². The lowest BCUT2D eigenvalue weighted by atomic mass is 10.2. The molecule has 21 heavy (non-hydrogen) atoms. The van der Waals surface area contributed by atoms with Gasteiger partial charge < -0.3 is 4.74 Å². The van der Waals surface area contributed by atoms with Crippen molar-refractivity contribution in [2.24, 2.45) is 0 Å². The molecule has 0 saturated carbocycles. The van der Waals surface area contributed by atoms with Crippen LogP contribution in [0.25, 0.3) is 0 Å². The Bertz CT molecular complexity index is 703. The molecular weight excluding hydrogens is 284 g/mol. The van der Waals surface area contributed by atoms with Gasteiger partial charge in [0.15, 0.2) is 6.29 Å². The van der Waals surface area contributed by atoms with Gasteiger partial charge in [0.2, 0.25) is 5.82 Å². The van der Waals surface area contributed by atoms with Gasteiger partial charge in [0.25, 0.3) is 0 Å². The molecule has 0 heterocycles. The summed E-state index contributed by atoms with van der Waals surface area (Å²) in [5.74, 6) is -1.54. The summed E-state index contributed by atoms with van der Waals surface area (Å²) in [6.45, 7) is -0.319. The summed E-state index contributed by atoms with van der Waals surface area (Å²) >= 11 is 0. The van der Waals surface area contributed by atoms with Crippen LogP contribution in [-0.2, 0) is 6.61 Å². The van der Waals surface area contributed by atoms with Crippen molar-refractivity contribution in [2.45, 2.75) is 6.61 Å². The molecule has 2 aromatic carbocycles. The van der Waals surface area contributed by atoms with Crippen LogP contribution in [0.5, 0.6) is 5.75 Å². The third-order valence-electron chi connectivity index (χ3n) is 2.74. The number of hydrogen-bond acceptors (Lipinski definition) is 4. The van der Waals surface area contributed by atoms with E-state index in [1.165, 1.54) is 18.2 Å². The van der Waals surface area contributed by atoms with Crippen molar-refractivity contribution >= 4 is 12.0 Å². The number of nitro groups is 1. The number of nitro benzene ring substituents is 1. The Morgan fingerprint density at radius 3 is 2.67 bits per heavy atom. The fourth-order valence-electron chi connectivity index (χ4n) is 1.72. The Labute approximate surface area is 117 Å². The molecule has 0 aliphatic rings. The van der Waals surface area contributed by atoms with Gasteiger partial charge >= 0.3 is 5.69 Å². The highest BCUT2D eigenvalue weighted by molar-refractivity contribution is 5.79. The zero-order valence-electron chi connectivity index (χ0n) is 10.6. The molecule has 0 atom stereocenters. The van der Waals surface area contributed by atoms with Gasteiger partial charge in [-0.1, -0.05) is 12.1 Å². The lowest BCUT2D eigenvalue weighted by Gasteiger charge is -2.09. The average Bonchev–Trinajstić information content (AvgIpc) is 2.46. The number of ether oxygens (including phenoxy) is 1. The molecule has 0 N–H and O–H groups in total. The highest BCUT2D eigenvalue weighted by Crippen LogP contribution is 2.23. The third kappa shape index (κ3) is 3.19. The van der Waals surface area contributed by atoms with Crippen LogP contribution in [0, 0.1) is 21.7 Å². The smallest absolute Gasteiger partial charge is 0.305 e. The Morgan fingerprint density at radius 2 is 2.00 bits per heavy atom. The summed E-state index contributed by atoms with van der Waals surface area (Å²) in [4.78, 5) is 20.6. The second-order valence-corrected chi connectivity index (χ2v) is 4.10. The highest BCUT2D eigenvalue weighted by Gasteiger charge is 2.17. The molecule has 0 spiro atoms. The van der Waals surface area contributed by atoms with E-state index in [1.807, 2.05) is 0 Å². The van der Waals surface area contributed by atoms with Gasteiger partial charge in [0, 0.05) is 11.6 Å². The maximum Gasteiger partial charge on any atom is 0.305 e. The minimum atomic E-state index is -1.00. The van der Waals surface area contributed by atoms with Gasteiger partial charge in [-0.25, -0.2) is 4.39 Å². The molecule has 2 aromatic rings. The molecule has 0 saturated heterocycles.